The minimum Gasteiger partial charge on any atom is -0.428 e. The predicted octanol–water partition coefficient (Wildman–Crippen LogP) is 4.18. The molecular weight excluding hydrogens is 415 g/mol. The molecule has 33 heavy (non-hydrogen) atoms. The van der Waals surface area contributed by atoms with Crippen molar-refractivity contribution < 1.29 is 18.8 Å². The molecular formula is C26H37BN2O4. The number of carbonyl (C=O) groups is 1. The Morgan fingerprint density at radius 2 is 1.94 bits per heavy atom. The molecule has 1 amide bonds. The van der Waals surface area contributed by atoms with Gasteiger partial charge in [-0.1, -0.05) is 44.2 Å². The maximum absolute atomic E-state index is 13.4. The first-order valence-electron chi connectivity index (χ1n) is 12.8. The Morgan fingerprint density at radius 1 is 1.21 bits per heavy atom. The molecule has 0 spiro atoms. The number of fused-ring (bicyclic) bond motifs is 2. The molecule has 3 saturated carbocycles. The molecule has 0 unspecified atom stereocenters. The number of rotatable bonds is 5. The summed E-state index contributed by atoms with van der Waals surface area (Å²) in [5.41, 5.74) is 0.662. The fourth-order valence-electron chi connectivity index (χ4n) is 7.59. The summed E-state index contributed by atoms with van der Waals surface area (Å²) < 4.78 is 19.5. The molecule has 7 heteroatoms. The molecule has 6 aliphatic rings. The molecule has 3 heterocycles. The third-order valence-corrected chi connectivity index (χ3v) is 9.90. The van der Waals surface area contributed by atoms with Gasteiger partial charge in [-0.3, -0.25) is 5.32 Å². The van der Waals surface area contributed by atoms with Crippen LogP contribution in [0.2, 0.25) is 0 Å². The highest BCUT2D eigenvalue weighted by molar-refractivity contribution is 6.47. The molecule has 1 aromatic rings. The van der Waals surface area contributed by atoms with Gasteiger partial charge in [0.2, 0.25) is 0 Å². The van der Waals surface area contributed by atoms with Gasteiger partial charge < -0.3 is 18.9 Å². The van der Waals surface area contributed by atoms with Crippen LogP contribution >= 0.6 is 0 Å². The van der Waals surface area contributed by atoms with Gasteiger partial charge in [-0.2, -0.15) is 0 Å². The number of hydrogen-bond donors (Lipinski definition) is 1. The second-order valence-electron chi connectivity index (χ2n) is 12.0. The molecule has 6 fully saturated rings. The Bertz CT molecular complexity index is 918. The van der Waals surface area contributed by atoms with Gasteiger partial charge in [-0.15, -0.1) is 0 Å². The van der Waals surface area contributed by atoms with Crippen LogP contribution < -0.4 is 5.32 Å². The van der Waals surface area contributed by atoms with Crippen LogP contribution in [0.1, 0.15) is 64.9 Å². The minimum absolute atomic E-state index is 0.0904. The van der Waals surface area contributed by atoms with Crippen molar-refractivity contribution in [3.8, 4) is 0 Å². The van der Waals surface area contributed by atoms with Crippen molar-refractivity contribution in [3.05, 3.63) is 35.9 Å². The number of carbonyl (C=O) groups excluding carboxylic acids is 1. The number of amides is 1. The monoisotopic (exact) mass is 452 g/mol. The highest BCUT2D eigenvalue weighted by Gasteiger charge is 2.68. The Labute approximate surface area is 197 Å². The predicted molar refractivity (Wildman–Crippen MR) is 126 cm³/mol. The van der Waals surface area contributed by atoms with E-state index in [-0.39, 0.29) is 29.2 Å². The number of benzene rings is 1. The third-order valence-electron chi connectivity index (χ3n) is 9.90. The van der Waals surface area contributed by atoms with Gasteiger partial charge in [0.1, 0.15) is 0 Å². The maximum Gasteiger partial charge on any atom is 0.482 e. The van der Waals surface area contributed by atoms with Gasteiger partial charge in [-0.05, 0) is 61.8 Å². The first-order chi connectivity index (χ1) is 15.7. The lowest BCUT2D eigenvalue weighted by molar-refractivity contribution is -0.199. The van der Waals surface area contributed by atoms with Gasteiger partial charge in [0.25, 0.3) is 0 Å². The number of nitrogens with zero attached hydrogens (tertiary/aromatic N) is 1. The van der Waals surface area contributed by atoms with Crippen molar-refractivity contribution in [2.45, 2.75) is 95.1 Å². The normalized spacial score (nSPS) is 40.8. The molecule has 5 atom stereocenters. The lowest BCUT2D eigenvalue weighted by atomic mass is 9.43. The van der Waals surface area contributed by atoms with E-state index >= 15 is 0 Å². The van der Waals surface area contributed by atoms with Gasteiger partial charge in [0.05, 0.1) is 17.6 Å². The molecule has 6 nitrogen and oxygen atoms in total. The SMILES string of the molecule is CN(C(=O)OC12CCC(CC1)N2)[C@@H](Cc1ccccc1)B1O[C@@H]2C[C@@H]3C[C@@H](C3(C)C)[C@]2(C)O1. The Balaban J connectivity index is 1.24. The van der Waals surface area contributed by atoms with Crippen LogP contribution in [0.15, 0.2) is 30.3 Å². The summed E-state index contributed by atoms with van der Waals surface area (Å²) in [6.45, 7) is 6.98. The van der Waals surface area contributed by atoms with Crippen molar-refractivity contribution in [2.75, 3.05) is 7.05 Å². The van der Waals surface area contributed by atoms with E-state index in [1.807, 2.05) is 25.2 Å². The van der Waals surface area contributed by atoms with Crippen LogP contribution in [0.4, 0.5) is 4.79 Å². The Morgan fingerprint density at radius 3 is 2.58 bits per heavy atom. The molecule has 0 aromatic heterocycles. The smallest absolute Gasteiger partial charge is 0.428 e. The molecule has 178 valence electrons. The van der Waals surface area contributed by atoms with Gasteiger partial charge in [0.15, 0.2) is 5.72 Å². The highest BCUT2D eigenvalue weighted by Crippen LogP contribution is 2.65. The molecule has 3 saturated heterocycles. The summed E-state index contributed by atoms with van der Waals surface area (Å²) in [5, 5.41) is 3.52. The quantitative estimate of drug-likeness (QED) is 0.680. The first-order valence-corrected chi connectivity index (χ1v) is 12.8. The van der Waals surface area contributed by atoms with Crippen molar-refractivity contribution >= 4 is 13.2 Å². The van der Waals surface area contributed by atoms with Crippen molar-refractivity contribution in [2.24, 2.45) is 17.3 Å². The number of ether oxygens (including phenoxy) is 1. The standard InChI is InChI=1S/C26H37BN2O4/c1-24(2)18-15-20(24)25(3)21(16-18)32-27(33-25)22(14-17-8-6-5-7-9-17)29(4)23(30)31-26-12-10-19(28-26)11-13-26/h5-9,18-22,28H,10-16H2,1-4H3/t18-,19?,20-,21+,22-,25-,26?/m0/s1. The van der Waals surface area contributed by atoms with Crippen molar-refractivity contribution in [1.29, 1.82) is 0 Å². The molecule has 0 radical (unpaired) electrons. The topological polar surface area (TPSA) is 60.0 Å². The van der Waals surface area contributed by atoms with Gasteiger partial charge >= 0.3 is 13.2 Å². The van der Waals surface area contributed by atoms with Crippen LogP contribution in [0, 0.1) is 17.3 Å². The summed E-state index contributed by atoms with van der Waals surface area (Å²) in [5.74, 6) is 0.934. The summed E-state index contributed by atoms with van der Waals surface area (Å²) in [6.07, 6.45) is 6.68. The zero-order chi connectivity index (χ0) is 23.0. The largest absolute Gasteiger partial charge is 0.482 e. The first kappa shape index (κ1) is 21.9. The van der Waals surface area contributed by atoms with E-state index in [2.05, 4.69) is 38.2 Å². The third kappa shape index (κ3) is 3.37. The molecule has 3 aliphatic carbocycles. The zero-order valence-corrected chi connectivity index (χ0v) is 20.4. The maximum atomic E-state index is 13.4. The minimum atomic E-state index is -0.490. The lowest BCUT2D eigenvalue weighted by Crippen LogP contribution is -2.65. The van der Waals surface area contributed by atoms with E-state index in [0.717, 1.165) is 37.7 Å². The van der Waals surface area contributed by atoms with Crippen LogP contribution in [-0.4, -0.2) is 54.6 Å². The summed E-state index contributed by atoms with van der Waals surface area (Å²) in [7, 11) is 1.38. The molecule has 1 aromatic carbocycles. The van der Waals surface area contributed by atoms with E-state index in [9.17, 15) is 4.79 Å². The average Bonchev–Trinajstić information content (AvgIpc) is 3.49. The zero-order valence-electron chi connectivity index (χ0n) is 20.4. The molecule has 3 aliphatic heterocycles. The summed E-state index contributed by atoms with van der Waals surface area (Å²) in [6, 6.07) is 10.8. The van der Waals surface area contributed by atoms with E-state index in [1.165, 1.54) is 6.42 Å². The average molecular weight is 452 g/mol. The summed E-state index contributed by atoms with van der Waals surface area (Å²) in [4.78, 5) is 15.1. The molecule has 4 bridgehead atoms. The van der Waals surface area contributed by atoms with E-state index < -0.39 is 12.8 Å². The fraction of sp³-hybridized carbons (Fsp3) is 0.731. The number of nitrogens with one attached hydrogen (secondary N) is 1. The van der Waals surface area contributed by atoms with E-state index in [4.69, 9.17) is 14.0 Å². The molecule has 7 rings (SSSR count). The van der Waals surface area contributed by atoms with Crippen LogP contribution in [0.5, 0.6) is 0 Å². The Hall–Kier alpha value is -1.57. The lowest BCUT2D eigenvalue weighted by Gasteiger charge is -2.64. The van der Waals surface area contributed by atoms with Gasteiger partial charge in [-0.25, -0.2) is 4.79 Å². The highest BCUT2D eigenvalue weighted by atomic mass is 16.7. The van der Waals surface area contributed by atoms with Crippen LogP contribution in [0.3, 0.4) is 0 Å². The molecule has 1 N–H and O–H groups in total. The number of hydrogen-bond acceptors (Lipinski definition) is 5. The van der Waals surface area contributed by atoms with Crippen LogP contribution in [0.25, 0.3) is 0 Å². The van der Waals surface area contributed by atoms with Crippen molar-refractivity contribution in [3.63, 3.8) is 0 Å². The van der Waals surface area contributed by atoms with Gasteiger partial charge in [0, 0.05) is 25.9 Å². The summed E-state index contributed by atoms with van der Waals surface area (Å²) >= 11 is 0. The van der Waals surface area contributed by atoms with Crippen LogP contribution in [-0.2, 0) is 20.5 Å². The fourth-order valence-corrected chi connectivity index (χ4v) is 7.59. The van der Waals surface area contributed by atoms with E-state index in [1.54, 1.807) is 4.90 Å². The Kier molecular flexibility index (Phi) is 4.96. The number of likely N-dealkylation sites (N-methyl/N-ethyl adjacent to an activating group) is 1. The van der Waals surface area contributed by atoms with E-state index in [0.29, 0.717) is 24.3 Å². The van der Waals surface area contributed by atoms with Crippen molar-refractivity contribution in [1.82, 2.24) is 10.2 Å². The second-order valence-corrected chi connectivity index (χ2v) is 12.0. The second kappa shape index (κ2) is 7.46.